The Morgan fingerprint density at radius 2 is 2.10 bits per heavy atom. The van der Waals surface area contributed by atoms with E-state index < -0.39 is 0 Å². The molecule has 160 valence electrons. The number of benzene rings is 1. The number of carbonyl (C=O) groups excluding carboxylic acids is 1. The van der Waals surface area contributed by atoms with E-state index in [2.05, 4.69) is 43.6 Å². The van der Waals surface area contributed by atoms with Crippen LogP contribution in [0.5, 0.6) is 0 Å². The zero-order valence-corrected chi connectivity index (χ0v) is 19.4. The predicted molar refractivity (Wildman–Crippen MR) is 122 cm³/mol. The van der Waals surface area contributed by atoms with Crippen molar-refractivity contribution in [2.45, 2.75) is 51.6 Å². The maximum absolute atomic E-state index is 12.0. The van der Waals surface area contributed by atoms with E-state index in [0.717, 1.165) is 46.8 Å². The van der Waals surface area contributed by atoms with Crippen molar-refractivity contribution in [2.75, 3.05) is 19.6 Å². The number of hydrogen-bond donors (Lipinski definition) is 2. The number of aromatic nitrogens is 2. The summed E-state index contributed by atoms with van der Waals surface area (Å²) in [4.78, 5) is 24.0. The number of carbonyl (C=O) groups is 1. The molecule has 3 saturated heterocycles. The summed E-state index contributed by atoms with van der Waals surface area (Å²) in [5, 5.41) is 5.95. The van der Waals surface area contributed by atoms with Crippen molar-refractivity contribution in [3.05, 3.63) is 46.3 Å². The third-order valence-corrected chi connectivity index (χ3v) is 6.88. The first-order valence-electron chi connectivity index (χ1n) is 10.8. The molecule has 0 spiro atoms. The highest BCUT2D eigenvalue weighted by Crippen LogP contribution is 2.42. The van der Waals surface area contributed by atoms with Crippen molar-refractivity contribution in [1.82, 2.24) is 25.5 Å². The van der Waals surface area contributed by atoms with E-state index in [1.165, 1.54) is 6.42 Å². The molecule has 3 fully saturated rings. The van der Waals surface area contributed by atoms with E-state index in [9.17, 15) is 4.79 Å². The van der Waals surface area contributed by atoms with Crippen LogP contribution in [0, 0.1) is 12.8 Å². The molecule has 2 N–H and O–H groups in total. The van der Waals surface area contributed by atoms with Crippen LogP contribution in [0.2, 0.25) is 0 Å². The fourth-order valence-electron chi connectivity index (χ4n) is 4.80. The number of aryl methyl sites for hydroxylation is 1. The molecule has 1 aromatic heterocycles. The summed E-state index contributed by atoms with van der Waals surface area (Å²) in [5.41, 5.74) is 3.22. The fourth-order valence-corrected chi connectivity index (χ4v) is 5.28. The second-order valence-electron chi connectivity index (χ2n) is 8.75. The minimum Gasteiger partial charge on any atom is -0.337 e. The summed E-state index contributed by atoms with van der Waals surface area (Å²) in [6.07, 6.45) is 2.28. The van der Waals surface area contributed by atoms with E-state index in [0.29, 0.717) is 24.4 Å². The summed E-state index contributed by atoms with van der Waals surface area (Å²) in [6.45, 7) is 8.72. The van der Waals surface area contributed by atoms with Crippen LogP contribution in [0.25, 0.3) is 11.3 Å². The van der Waals surface area contributed by atoms with Crippen molar-refractivity contribution >= 4 is 22.0 Å². The van der Waals surface area contributed by atoms with Gasteiger partial charge in [-0.05, 0) is 58.2 Å². The molecular weight excluding hydrogens is 442 g/mol. The van der Waals surface area contributed by atoms with Crippen LogP contribution in [0.4, 0.5) is 4.79 Å². The number of rotatable bonds is 5. The molecule has 0 radical (unpaired) electrons. The van der Waals surface area contributed by atoms with E-state index in [1.807, 2.05) is 39.0 Å². The predicted octanol–water partition coefficient (Wildman–Crippen LogP) is 4.10. The van der Waals surface area contributed by atoms with Gasteiger partial charge in [0.2, 0.25) is 0 Å². The van der Waals surface area contributed by atoms with Crippen LogP contribution in [-0.4, -0.2) is 52.6 Å². The van der Waals surface area contributed by atoms with Crippen molar-refractivity contribution in [1.29, 1.82) is 0 Å². The van der Waals surface area contributed by atoms with Crippen molar-refractivity contribution in [3.8, 4) is 11.3 Å². The van der Waals surface area contributed by atoms with Crippen LogP contribution in [-0.2, 0) is 0 Å². The molecule has 5 rings (SSSR count). The van der Waals surface area contributed by atoms with E-state index in [-0.39, 0.29) is 12.1 Å². The first kappa shape index (κ1) is 21.2. The highest BCUT2D eigenvalue weighted by molar-refractivity contribution is 9.10. The second kappa shape index (κ2) is 9.02. The van der Waals surface area contributed by atoms with Gasteiger partial charge in [-0.3, -0.25) is 4.90 Å². The first-order chi connectivity index (χ1) is 14.4. The highest BCUT2D eigenvalue weighted by Gasteiger charge is 2.41. The first-order valence-corrected chi connectivity index (χ1v) is 11.6. The Morgan fingerprint density at radius 3 is 2.80 bits per heavy atom. The van der Waals surface area contributed by atoms with Gasteiger partial charge in [0, 0.05) is 46.8 Å². The van der Waals surface area contributed by atoms with Crippen molar-refractivity contribution < 1.29 is 4.79 Å². The van der Waals surface area contributed by atoms with Gasteiger partial charge in [-0.2, -0.15) is 0 Å². The van der Waals surface area contributed by atoms with Gasteiger partial charge in [-0.1, -0.05) is 34.1 Å². The number of halogens is 1. The molecule has 3 aliphatic heterocycles. The lowest BCUT2D eigenvalue weighted by molar-refractivity contribution is 0.0304. The lowest BCUT2D eigenvalue weighted by atomic mass is 9.74. The zero-order chi connectivity index (χ0) is 21.3. The van der Waals surface area contributed by atoms with Gasteiger partial charge in [0.1, 0.15) is 5.82 Å². The van der Waals surface area contributed by atoms with Gasteiger partial charge >= 0.3 is 6.03 Å². The van der Waals surface area contributed by atoms with Gasteiger partial charge in [0.25, 0.3) is 0 Å². The number of nitrogens with zero attached hydrogens (tertiary/aromatic N) is 3. The molecular formula is C23H30BrN5O. The molecule has 4 heterocycles. The maximum atomic E-state index is 12.0. The monoisotopic (exact) mass is 471 g/mol. The van der Waals surface area contributed by atoms with Crippen LogP contribution in [0.1, 0.15) is 44.1 Å². The SMILES string of the molecule is Cc1nc(-c2ccccc2Br)cc([C@H]2CN3CC[C@@H]2C[C@@H]3CNC(=O)NC(C)C)n1. The van der Waals surface area contributed by atoms with Gasteiger partial charge in [0.05, 0.1) is 5.69 Å². The van der Waals surface area contributed by atoms with Crippen LogP contribution in [0.3, 0.4) is 0 Å². The molecule has 2 bridgehead atoms. The molecule has 3 aliphatic rings. The van der Waals surface area contributed by atoms with Gasteiger partial charge in [-0.15, -0.1) is 0 Å². The van der Waals surface area contributed by atoms with E-state index >= 15 is 0 Å². The summed E-state index contributed by atoms with van der Waals surface area (Å²) in [6, 6.07) is 10.9. The molecule has 30 heavy (non-hydrogen) atoms. The number of nitrogens with one attached hydrogen (secondary N) is 2. The van der Waals surface area contributed by atoms with E-state index in [4.69, 9.17) is 9.97 Å². The molecule has 0 aliphatic carbocycles. The second-order valence-corrected chi connectivity index (χ2v) is 9.61. The Morgan fingerprint density at radius 1 is 1.30 bits per heavy atom. The number of piperidine rings is 3. The van der Waals surface area contributed by atoms with Crippen molar-refractivity contribution in [3.63, 3.8) is 0 Å². The van der Waals surface area contributed by atoms with Gasteiger partial charge in [0.15, 0.2) is 0 Å². The summed E-state index contributed by atoms with van der Waals surface area (Å²) >= 11 is 3.65. The zero-order valence-electron chi connectivity index (χ0n) is 17.9. The third-order valence-electron chi connectivity index (χ3n) is 6.18. The number of amides is 2. The number of urea groups is 1. The molecule has 1 aromatic carbocycles. The molecule has 2 amide bonds. The lowest BCUT2D eigenvalue weighted by Gasteiger charge is -2.49. The molecule has 2 aromatic rings. The summed E-state index contributed by atoms with van der Waals surface area (Å²) < 4.78 is 1.05. The third kappa shape index (κ3) is 4.67. The molecule has 1 unspecified atom stereocenters. The standard InChI is InChI=1S/C23H30BrN5O/c1-14(2)26-23(30)25-12-17-10-16-8-9-29(17)13-19(16)22-11-21(27-15(3)28-22)18-6-4-5-7-20(18)24/h4-7,11,14,16-17,19H,8-10,12-13H2,1-3H3,(H2,25,26,30)/t16-,17-,19+/m1/s1. The van der Waals surface area contributed by atoms with Crippen LogP contribution >= 0.6 is 15.9 Å². The van der Waals surface area contributed by atoms with Gasteiger partial charge in [-0.25, -0.2) is 14.8 Å². The molecule has 4 atom stereocenters. The normalized spacial score (nSPS) is 25.4. The molecule has 6 nitrogen and oxygen atoms in total. The average Bonchev–Trinajstić information content (AvgIpc) is 2.72. The Labute approximate surface area is 187 Å². The Bertz CT molecular complexity index is 918. The summed E-state index contributed by atoms with van der Waals surface area (Å²) in [5.74, 6) is 1.83. The van der Waals surface area contributed by atoms with Crippen molar-refractivity contribution in [2.24, 2.45) is 5.92 Å². The lowest BCUT2D eigenvalue weighted by Crippen LogP contribution is -2.57. The largest absolute Gasteiger partial charge is 0.337 e. The topological polar surface area (TPSA) is 70.2 Å². The highest BCUT2D eigenvalue weighted by atomic mass is 79.9. The number of hydrogen-bond acceptors (Lipinski definition) is 4. The quantitative estimate of drug-likeness (QED) is 0.688. The minimum atomic E-state index is -0.0753. The van der Waals surface area contributed by atoms with Gasteiger partial charge < -0.3 is 10.6 Å². The Balaban J connectivity index is 1.48. The maximum Gasteiger partial charge on any atom is 0.315 e. The van der Waals surface area contributed by atoms with E-state index in [1.54, 1.807) is 0 Å². The fraction of sp³-hybridized carbons (Fsp3) is 0.522. The average molecular weight is 472 g/mol. The molecule has 0 saturated carbocycles. The Kier molecular flexibility index (Phi) is 6.39. The minimum absolute atomic E-state index is 0.0753. The number of fused-ring (bicyclic) bond motifs is 3. The molecule has 7 heteroatoms. The Hall–Kier alpha value is -1.99. The summed E-state index contributed by atoms with van der Waals surface area (Å²) in [7, 11) is 0. The smallest absolute Gasteiger partial charge is 0.315 e. The van der Waals surface area contributed by atoms with Crippen LogP contribution in [0.15, 0.2) is 34.8 Å². The van der Waals surface area contributed by atoms with Crippen LogP contribution < -0.4 is 10.6 Å².